The highest BCUT2D eigenvalue weighted by Gasteiger charge is 2.12. The van der Waals surface area contributed by atoms with Crippen LogP contribution in [0.2, 0.25) is 0 Å². The summed E-state index contributed by atoms with van der Waals surface area (Å²) < 4.78 is 22.2. The third kappa shape index (κ3) is 21.1. The van der Waals surface area contributed by atoms with Gasteiger partial charge in [0.05, 0.1) is 39.1 Å². The Morgan fingerprint density at radius 1 is 0.758 bits per heavy atom. The molecule has 0 heterocycles. The number of ether oxygens (including phenoxy) is 4. The van der Waals surface area contributed by atoms with Gasteiger partial charge in [0, 0.05) is 13.5 Å². The van der Waals surface area contributed by atoms with E-state index in [2.05, 4.69) is 95.4 Å². The zero-order valence-corrected chi connectivity index (χ0v) is 19.1. The van der Waals surface area contributed by atoms with Crippen LogP contribution in [0.3, 0.4) is 0 Å². The Morgan fingerprint density at radius 3 is 1.82 bits per heavy atom. The summed E-state index contributed by atoms with van der Waals surface area (Å²) in [6.07, 6.45) is 7.91. The Morgan fingerprint density at radius 2 is 1.30 bits per heavy atom. The monoisotopic (exact) mass is 438 g/mol. The summed E-state index contributed by atoms with van der Waals surface area (Å²) >= 11 is 0. The average molecular weight is 439 g/mol. The summed E-state index contributed by atoms with van der Waals surface area (Å²) in [5.41, 5.74) is 0. The van der Waals surface area contributed by atoms with E-state index in [1.54, 1.807) is 13.2 Å². The Labute approximate surface area is 199 Å². The van der Waals surface area contributed by atoms with Gasteiger partial charge in [-0.25, -0.2) is 0 Å². The van der Waals surface area contributed by atoms with Crippen LogP contribution in [0.15, 0.2) is 12.7 Å². The molecule has 166 valence electrons. The molecular weight excluding hydrogens is 412 g/mol. The van der Waals surface area contributed by atoms with E-state index >= 15 is 0 Å². The largest absolute Gasteiger partial charge is 0.378 e. The number of methoxy groups -OCH3 is 1. The first kappa shape index (κ1) is 29.1. The van der Waals surface area contributed by atoms with E-state index in [0.717, 1.165) is 6.42 Å². The normalized spacial score (nSPS) is 9.61. The minimum Gasteiger partial charge on any atom is -0.378 e. The summed E-state index contributed by atoms with van der Waals surface area (Å²) in [6, 6.07) is 0. The highest BCUT2D eigenvalue weighted by molar-refractivity contribution is 5.45. The van der Waals surface area contributed by atoms with Crippen LogP contribution in [0.4, 0.5) is 0 Å². The van der Waals surface area contributed by atoms with Gasteiger partial charge in [-0.15, -0.1) is 13.0 Å². The molecule has 0 rings (SSSR count). The minimum absolute atomic E-state index is 0.00921. The van der Waals surface area contributed by atoms with Crippen LogP contribution < -0.4 is 0 Å². The smallest absolute Gasteiger partial charge is 0.104 e. The van der Waals surface area contributed by atoms with Crippen LogP contribution >= 0.6 is 0 Å². The van der Waals surface area contributed by atoms with Gasteiger partial charge < -0.3 is 18.9 Å². The summed E-state index contributed by atoms with van der Waals surface area (Å²) in [6.45, 7) is 8.04. The van der Waals surface area contributed by atoms with Gasteiger partial charge in [-0.05, 0) is 89.3 Å². The van der Waals surface area contributed by atoms with E-state index in [1.807, 2.05) is 6.92 Å². The lowest BCUT2D eigenvalue weighted by Crippen LogP contribution is -2.29. The number of terminal acetylenes is 1. The van der Waals surface area contributed by atoms with Crippen molar-refractivity contribution in [3.05, 3.63) is 12.7 Å². The van der Waals surface area contributed by atoms with E-state index < -0.39 is 0 Å². The van der Waals surface area contributed by atoms with E-state index in [1.165, 1.54) is 0 Å². The van der Waals surface area contributed by atoms with Crippen molar-refractivity contribution < 1.29 is 18.9 Å². The van der Waals surface area contributed by atoms with Crippen molar-refractivity contribution in [3.63, 3.8) is 0 Å². The molecule has 0 bridgehead atoms. The van der Waals surface area contributed by atoms with Crippen LogP contribution in [-0.4, -0.2) is 52.4 Å². The second-order valence-corrected chi connectivity index (χ2v) is 5.82. The van der Waals surface area contributed by atoms with Gasteiger partial charge in [0.2, 0.25) is 0 Å². The maximum atomic E-state index is 5.84. The molecule has 33 heavy (non-hydrogen) atoms. The maximum absolute atomic E-state index is 5.84. The van der Waals surface area contributed by atoms with E-state index in [0.29, 0.717) is 39.5 Å². The molecule has 0 fully saturated rings. The SMILES string of the molecule is C#CC#CC#CC#CC#CC#CC#CC#CCCOCC(CC)OCC(COCC=C)OC. The fraction of sp³-hybridized carbons (Fsp3) is 0.379. The van der Waals surface area contributed by atoms with Gasteiger partial charge in [-0.3, -0.25) is 0 Å². The molecule has 0 aromatic rings. The van der Waals surface area contributed by atoms with Gasteiger partial charge in [0.1, 0.15) is 6.10 Å². The first-order valence-electron chi connectivity index (χ1n) is 10.1. The predicted molar refractivity (Wildman–Crippen MR) is 131 cm³/mol. The molecule has 0 aliphatic rings. The van der Waals surface area contributed by atoms with Gasteiger partial charge >= 0.3 is 0 Å². The first-order chi connectivity index (χ1) is 16.3. The summed E-state index contributed by atoms with van der Waals surface area (Å²) in [4.78, 5) is 0. The third-order valence-corrected chi connectivity index (χ3v) is 3.43. The lowest BCUT2D eigenvalue weighted by molar-refractivity contribution is -0.0782. The molecule has 0 amide bonds. The highest BCUT2D eigenvalue weighted by Crippen LogP contribution is 2.03. The van der Waals surface area contributed by atoms with Crippen LogP contribution in [0.25, 0.3) is 0 Å². The number of hydrogen-bond acceptors (Lipinski definition) is 4. The molecule has 0 aromatic carbocycles. The zero-order valence-electron chi connectivity index (χ0n) is 19.1. The second-order valence-electron chi connectivity index (χ2n) is 5.82. The first-order valence-corrected chi connectivity index (χ1v) is 10.1. The molecule has 4 heteroatoms. The topological polar surface area (TPSA) is 36.9 Å². The fourth-order valence-corrected chi connectivity index (χ4v) is 1.82. The molecule has 0 aromatic heterocycles. The summed E-state index contributed by atoms with van der Waals surface area (Å²) in [5, 5.41) is 0. The third-order valence-electron chi connectivity index (χ3n) is 3.43. The molecule has 2 atom stereocenters. The van der Waals surface area contributed by atoms with Crippen molar-refractivity contribution in [3.8, 4) is 95.2 Å². The minimum atomic E-state index is -0.121. The molecule has 0 N–H and O–H groups in total. The molecule has 0 radical (unpaired) electrons. The quantitative estimate of drug-likeness (QED) is 0.251. The lowest BCUT2D eigenvalue weighted by Gasteiger charge is -2.20. The van der Waals surface area contributed by atoms with Crippen LogP contribution in [0, 0.1) is 95.2 Å². The van der Waals surface area contributed by atoms with Crippen molar-refractivity contribution in [1.29, 1.82) is 0 Å². The number of rotatable bonds is 13. The molecule has 0 saturated carbocycles. The molecule has 2 unspecified atom stereocenters. The molecule has 0 saturated heterocycles. The molecule has 0 spiro atoms. The zero-order chi connectivity index (χ0) is 24.2. The Balaban J connectivity index is 4.10. The van der Waals surface area contributed by atoms with Gasteiger partial charge in [-0.1, -0.05) is 18.9 Å². The molecule has 4 nitrogen and oxygen atoms in total. The fourth-order valence-electron chi connectivity index (χ4n) is 1.82. The van der Waals surface area contributed by atoms with Crippen molar-refractivity contribution in [2.45, 2.75) is 32.0 Å². The lowest BCUT2D eigenvalue weighted by atomic mass is 10.3. The molecule has 0 aliphatic heterocycles. The van der Waals surface area contributed by atoms with E-state index in [9.17, 15) is 0 Å². The molecule has 0 aliphatic carbocycles. The van der Waals surface area contributed by atoms with Crippen LogP contribution in [0.1, 0.15) is 19.8 Å². The predicted octanol–water partition coefficient (Wildman–Crippen LogP) is 2.06. The second kappa shape index (κ2) is 24.3. The Hall–Kier alpha value is -3.94. The average Bonchev–Trinajstić information content (AvgIpc) is 2.83. The van der Waals surface area contributed by atoms with Crippen molar-refractivity contribution in [2.24, 2.45) is 0 Å². The van der Waals surface area contributed by atoms with Crippen LogP contribution in [-0.2, 0) is 18.9 Å². The Kier molecular flexibility index (Phi) is 21.4. The van der Waals surface area contributed by atoms with Crippen molar-refractivity contribution in [2.75, 3.05) is 40.1 Å². The maximum Gasteiger partial charge on any atom is 0.104 e. The summed E-state index contributed by atoms with van der Waals surface area (Å²) in [7, 11) is 1.64. The van der Waals surface area contributed by atoms with Crippen LogP contribution in [0.5, 0.6) is 0 Å². The van der Waals surface area contributed by atoms with Crippen molar-refractivity contribution in [1.82, 2.24) is 0 Å². The Bertz CT molecular complexity index is 1060. The van der Waals surface area contributed by atoms with Gasteiger partial charge in [-0.2, -0.15) is 0 Å². The van der Waals surface area contributed by atoms with Gasteiger partial charge in [0.15, 0.2) is 0 Å². The molecular formula is C29H26O4. The standard InChI is InChI=1S/C29H26O4/c1-5-8-9-10-11-12-13-14-15-16-17-18-19-20-21-22-24-32-25-28(7-3)33-27-29(30-4)26-31-23-6-2/h1,6,28-29H,2,7,22-27H2,3-4H3. The van der Waals surface area contributed by atoms with E-state index in [4.69, 9.17) is 25.4 Å². The number of hydrogen-bond donors (Lipinski definition) is 0. The van der Waals surface area contributed by atoms with Crippen molar-refractivity contribution >= 4 is 0 Å². The van der Waals surface area contributed by atoms with E-state index in [-0.39, 0.29) is 12.2 Å². The van der Waals surface area contributed by atoms with Gasteiger partial charge in [0.25, 0.3) is 0 Å². The highest BCUT2D eigenvalue weighted by atomic mass is 16.6. The summed E-state index contributed by atoms with van der Waals surface area (Å²) in [5.74, 6) is 37.9.